The van der Waals surface area contributed by atoms with E-state index in [-0.39, 0.29) is 11.8 Å². The summed E-state index contributed by atoms with van der Waals surface area (Å²) in [6, 6.07) is 5.93. The molecule has 0 radical (unpaired) electrons. The number of amides is 2. The van der Waals surface area contributed by atoms with Gasteiger partial charge in [0.05, 0.1) is 5.69 Å². The molecule has 1 aromatic rings. The third kappa shape index (κ3) is 3.33. The van der Waals surface area contributed by atoms with Crippen molar-refractivity contribution in [3.63, 3.8) is 0 Å². The molecular formula is C18H24N4O2. The predicted octanol–water partition coefficient (Wildman–Crippen LogP) is 1.56. The average Bonchev–Trinajstić information content (AvgIpc) is 2.58. The quantitative estimate of drug-likeness (QED) is 0.828. The number of carbonyl (C=O) groups excluding carboxylic acids is 2. The van der Waals surface area contributed by atoms with Crippen molar-refractivity contribution in [3.8, 4) is 0 Å². The maximum atomic E-state index is 12.7. The molecule has 2 heterocycles. The summed E-state index contributed by atoms with van der Waals surface area (Å²) in [6.45, 7) is 7.11. The van der Waals surface area contributed by atoms with Crippen LogP contribution in [0.25, 0.3) is 0 Å². The van der Waals surface area contributed by atoms with E-state index in [1.54, 1.807) is 0 Å². The zero-order chi connectivity index (χ0) is 17.3. The monoisotopic (exact) mass is 328 g/mol. The first kappa shape index (κ1) is 16.6. The zero-order valence-corrected chi connectivity index (χ0v) is 14.6. The third-order valence-electron chi connectivity index (χ3n) is 4.66. The fourth-order valence-electron chi connectivity index (χ4n) is 3.04. The van der Waals surface area contributed by atoms with E-state index < -0.39 is 0 Å². The van der Waals surface area contributed by atoms with Crippen LogP contribution in [0.4, 0.5) is 5.69 Å². The molecule has 0 atom stereocenters. The third-order valence-corrected chi connectivity index (χ3v) is 4.66. The van der Waals surface area contributed by atoms with E-state index >= 15 is 0 Å². The number of hydrogen-bond acceptors (Lipinski definition) is 4. The molecule has 2 aliphatic rings. The Morgan fingerprint density at radius 2 is 1.79 bits per heavy atom. The first-order valence-electron chi connectivity index (χ1n) is 8.41. The highest BCUT2D eigenvalue weighted by molar-refractivity contribution is 6.40. The number of hydrogen-bond donors (Lipinski definition) is 0. The molecule has 128 valence electrons. The molecule has 0 spiro atoms. The summed E-state index contributed by atoms with van der Waals surface area (Å²) in [7, 11) is 2.06. The second kappa shape index (κ2) is 6.73. The number of aryl methyl sites for hydroxylation is 2. The molecule has 1 aromatic carbocycles. The van der Waals surface area contributed by atoms with Crippen LogP contribution in [0.1, 0.15) is 24.0 Å². The highest BCUT2D eigenvalue weighted by atomic mass is 16.2. The Bertz CT molecular complexity index is 690. The van der Waals surface area contributed by atoms with Gasteiger partial charge in [-0.15, -0.1) is 0 Å². The van der Waals surface area contributed by atoms with E-state index in [1.165, 1.54) is 5.01 Å². The molecule has 0 unspecified atom stereocenters. The maximum absolute atomic E-state index is 12.7. The van der Waals surface area contributed by atoms with E-state index in [9.17, 15) is 9.59 Å². The van der Waals surface area contributed by atoms with Crippen molar-refractivity contribution in [1.82, 2.24) is 9.80 Å². The lowest BCUT2D eigenvalue weighted by Gasteiger charge is -2.33. The molecule has 0 aromatic heterocycles. The lowest BCUT2D eigenvalue weighted by Crippen LogP contribution is -2.50. The zero-order valence-electron chi connectivity index (χ0n) is 14.6. The summed E-state index contributed by atoms with van der Waals surface area (Å²) < 4.78 is 0. The molecule has 1 fully saturated rings. The second-order valence-corrected chi connectivity index (χ2v) is 6.64. The van der Waals surface area contributed by atoms with E-state index in [4.69, 9.17) is 0 Å². The molecule has 3 rings (SSSR count). The van der Waals surface area contributed by atoms with Gasteiger partial charge in [-0.05, 0) is 38.1 Å². The first-order chi connectivity index (χ1) is 11.5. The van der Waals surface area contributed by atoms with Gasteiger partial charge in [0.2, 0.25) is 5.91 Å². The smallest absolute Gasteiger partial charge is 0.270 e. The van der Waals surface area contributed by atoms with Crippen LogP contribution in [-0.4, -0.2) is 60.6 Å². The molecular weight excluding hydrogens is 304 g/mol. The van der Waals surface area contributed by atoms with Crippen LogP contribution in [0.15, 0.2) is 23.3 Å². The molecule has 0 saturated carbocycles. The molecule has 24 heavy (non-hydrogen) atoms. The van der Waals surface area contributed by atoms with Gasteiger partial charge in [0.25, 0.3) is 5.91 Å². The molecule has 6 nitrogen and oxygen atoms in total. The molecule has 0 bridgehead atoms. The number of carbonyl (C=O) groups is 2. The van der Waals surface area contributed by atoms with Gasteiger partial charge in [-0.1, -0.05) is 12.1 Å². The fraction of sp³-hybridized carbons (Fsp3) is 0.500. The second-order valence-electron chi connectivity index (χ2n) is 6.64. The Labute approximate surface area is 142 Å². The Balaban J connectivity index is 1.85. The highest BCUT2D eigenvalue weighted by Gasteiger charge is 2.30. The first-order valence-corrected chi connectivity index (χ1v) is 8.41. The molecule has 0 N–H and O–H groups in total. The molecule has 0 aliphatic carbocycles. The van der Waals surface area contributed by atoms with Crippen LogP contribution in [0.2, 0.25) is 0 Å². The van der Waals surface area contributed by atoms with Crippen molar-refractivity contribution in [1.29, 1.82) is 0 Å². The Morgan fingerprint density at radius 1 is 1.08 bits per heavy atom. The van der Waals surface area contributed by atoms with E-state index in [1.807, 2.05) is 36.9 Å². The summed E-state index contributed by atoms with van der Waals surface area (Å²) >= 11 is 0. The normalized spacial score (nSPS) is 19.5. The molecule has 6 heteroatoms. The fourth-order valence-corrected chi connectivity index (χ4v) is 3.04. The Kier molecular flexibility index (Phi) is 4.66. The van der Waals surface area contributed by atoms with E-state index in [0.29, 0.717) is 31.6 Å². The molecule has 2 aliphatic heterocycles. The van der Waals surface area contributed by atoms with Crippen molar-refractivity contribution in [3.05, 3.63) is 29.3 Å². The van der Waals surface area contributed by atoms with E-state index in [2.05, 4.69) is 17.0 Å². The van der Waals surface area contributed by atoms with Crippen molar-refractivity contribution >= 4 is 23.2 Å². The van der Waals surface area contributed by atoms with Crippen molar-refractivity contribution in [2.24, 2.45) is 5.10 Å². The summed E-state index contributed by atoms with van der Waals surface area (Å²) in [5.74, 6) is -0.0930. The molecule has 1 saturated heterocycles. The van der Waals surface area contributed by atoms with Gasteiger partial charge in [0.15, 0.2) is 0 Å². The maximum Gasteiger partial charge on any atom is 0.270 e. The van der Waals surface area contributed by atoms with Gasteiger partial charge in [-0.25, -0.2) is 5.01 Å². The Hall–Kier alpha value is -2.21. The van der Waals surface area contributed by atoms with Gasteiger partial charge < -0.3 is 9.80 Å². The number of likely N-dealkylation sites (N-methyl/N-ethyl adjacent to an activating group) is 1. The minimum absolute atomic E-state index is 0.0362. The van der Waals surface area contributed by atoms with Gasteiger partial charge in [-0.3, -0.25) is 9.59 Å². The lowest BCUT2D eigenvalue weighted by atomic mass is 10.1. The average molecular weight is 328 g/mol. The number of rotatable bonds is 2. The number of hydrazone groups is 1. The van der Waals surface area contributed by atoms with Gasteiger partial charge in [0.1, 0.15) is 5.71 Å². The van der Waals surface area contributed by atoms with Gasteiger partial charge >= 0.3 is 0 Å². The van der Waals surface area contributed by atoms with Crippen LogP contribution in [0, 0.1) is 13.8 Å². The van der Waals surface area contributed by atoms with Crippen LogP contribution < -0.4 is 5.01 Å². The number of nitrogens with zero attached hydrogens (tertiary/aromatic N) is 4. The Morgan fingerprint density at radius 3 is 2.50 bits per heavy atom. The van der Waals surface area contributed by atoms with Crippen molar-refractivity contribution < 1.29 is 9.59 Å². The van der Waals surface area contributed by atoms with Crippen molar-refractivity contribution in [2.75, 3.05) is 38.2 Å². The van der Waals surface area contributed by atoms with Crippen LogP contribution in [-0.2, 0) is 9.59 Å². The van der Waals surface area contributed by atoms with Crippen molar-refractivity contribution in [2.45, 2.75) is 26.7 Å². The standard InChI is InChI=1S/C18H24N4O2/c1-13-4-5-14(2)16(12-13)22-17(23)7-6-15(19-22)18(24)21-10-8-20(3)9-11-21/h4-5,12H,6-11H2,1-3H3. The summed E-state index contributed by atoms with van der Waals surface area (Å²) in [5, 5.41) is 5.84. The van der Waals surface area contributed by atoms with Crippen LogP contribution in [0.3, 0.4) is 0 Å². The summed E-state index contributed by atoms with van der Waals surface area (Å²) in [5.41, 5.74) is 3.30. The minimum Gasteiger partial charge on any atom is -0.335 e. The highest BCUT2D eigenvalue weighted by Crippen LogP contribution is 2.25. The predicted molar refractivity (Wildman–Crippen MR) is 94.1 cm³/mol. The lowest BCUT2D eigenvalue weighted by molar-refractivity contribution is -0.125. The van der Waals surface area contributed by atoms with Gasteiger partial charge in [-0.2, -0.15) is 5.10 Å². The van der Waals surface area contributed by atoms with E-state index in [0.717, 1.165) is 29.9 Å². The number of anilines is 1. The minimum atomic E-state index is -0.0568. The van der Waals surface area contributed by atoms with Crippen LogP contribution >= 0.6 is 0 Å². The topological polar surface area (TPSA) is 56.2 Å². The van der Waals surface area contributed by atoms with Crippen LogP contribution in [0.5, 0.6) is 0 Å². The summed E-state index contributed by atoms with van der Waals surface area (Å²) in [6.07, 6.45) is 0.747. The number of benzene rings is 1. The summed E-state index contributed by atoms with van der Waals surface area (Å²) in [4.78, 5) is 29.1. The SMILES string of the molecule is Cc1ccc(C)c(N2N=C(C(=O)N3CCN(C)CC3)CCC2=O)c1. The van der Waals surface area contributed by atoms with Gasteiger partial charge in [0, 0.05) is 39.0 Å². The largest absolute Gasteiger partial charge is 0.335 e. The molecule has 2 amide bonds. The number of piperazine rings is 1.